The molecule has 0 radical (unpaired) electrons. The van der Waals surface area contributed by atoms with E-state index < -0.39 is 42.1 Å². The van der Waals surface area contributed by atoms with Crippen molar-refractivity contribution in [1.29, 1.82) is 0 Å². The standard InChI is InChI=1S/C24H20F4N4O3/c1-13-3-8-19(25)18(9-13)15-11-29-23(30-12-15)35-17-6-4-16(5-7-17)32-20(10-21(33)34)14(2)22(31-32)24(26,27)28/h3-9,11-12,14,20H,10H2,1-2H3,(H,33,34)/t14?,20-/m0/s1. The fourth-order valence-electron chi connectivity index (χ4n) is 3.82. The number of aryl methyl sites for hydroxylation is 1. The lowest BCUT2D eigenvalue weighted by Crippen LogP contribution is -2.36. The molecule has 2 heterocycles. The van der Waals surface area contributed by atoms with Crippen LogP contribution in [0.25, 0.3) is 11.1 Å². The zero-order chi connectivity index (χ0) is 25.3. The molecule has 3 aromatic rings. The van der Waals surface area contributed by atoms with Crippen LogP contribution in [0.2, 0.25) is 0 Å². The normalized spacial score (nSPS) is 17.9. The van der Waals surface area contributed by atoms with Gasteiger partial charge < -0.3 is 9.84 Å². The molecule has 1 aliphatic heterocycles. The first-order valence-electron chi connectivity index (χ1n) is 10.6. The maximum Gasteiger partial charge on any atom is 0.431 e. The highest BCUT2D eigenvalue weighted by atomic mass is 19.4. The topological polar surface area (TPSA) is 87.9 Å². The van der Waals surface area contributed by atoms with E-state index in [4.69, 9.17) is 9.84 Å². The highest BCUT2D eigenvalue weighted by molar-refractivity contribution is 5.96. The number of halogens is 4. The number of aliphatic carboxylic acids is 1. The molecule has 35 heavy (non-hydrogen) atoms. The molecule has 1 aliphatic rings. The summed E-state index contributed by atoms with van der Waals surface area (Å²) in [5.74, 6) is -2.45. The van der Waals surface area contributed by atoms with Gasteiger partial charge in [0.25, 0.3) is 0 Å². The molecule has 2 aromatic carbocycles. The summed E-state index contributed by atoms with van der Waals surface area (Å²) in [6.07, 6.45) is -2.34. The van der Waals surface area contributed by atoms with Crippen molar-refractivity contribution in [3.8, 4) is 22.9 Å². The molecule has 1 unspecified atom stereocenters. The molecule has 0 spiro atoms. The van der Waals surface area contributed by atoms with E-state index in [-0.39, 0.29) is 11.7 Å². The lowest BCUT2D eigenvalue weighted by Gasteiger charge is -2.25. The van der Waals surface area contributed by atoms with E-state index in [2.05, 4.69) is 15.1 Å². The Morgan fingerprint density at radius 3 is 2.37 bits per heavy atom. The maximum absolute atomic E-state index is 14.1. The van der Waals surface area contributed by atoms with E-state index in [1.54, 1.807) is 12.1 Å². The van der Waals surface area contributed by atoms with Crippen LogP contribution in [-0.2, 0) is 4.79 Å². The lowest BCUT2D eigenvalue weighted by atomic mass is 9.94. The second kappa shape index (κ2) is 9.32. The van der Waals surface area contributed by atoms with Crippen molar-refractivity contribution in [2.75, 3.05) is 5.01 Å². The lowest BCUT2D eigenvalue weighted by molar-refractivity contribution is -0.137. The molecule has 7 nitrogen and oxygen atoms in total. The Bertz CT molecular complexity index is 1260. The molecule has 0 amide bonds. The number of carboxylic acid groups (broad SMARTS) is 1. The minimum Gasteiger partial charge on any atom is -0.481 e. The second-order valence-electron chi connectivity index (χ2n) is 8.12. The van der Waals surface area contributed by atoms with Crippen LogP contribution in [-0.4, -0.2) is 39.0 Å². The van der Waals surface area contributed by atoms with Gasteiger partial charge in [-0.15, -0.1) is 0 Å². The molecule has 0 aliphatic carbocycles. The Kier molecular flexibility index (Phi) is 6.42. The van der Waals surface area contributed by atoms with Crippen LogP contribution < -0.4 is 9.75 Å². The summed E-state index contributed by atoms with van der Waals surface area (Å²) >= 11 is 0. The zero-order valence-electron chi connectivity index (χ0n) is 18.6. The number of anilines is 1. The third-order valence-electron chi connectivity index (χ3n) is 5.58. The SMILES string of the molecule is Cc1ccc(F)c(-c2cnc(Oc3ccc(N4N=C(C(F)(F)F)C(C)[C@@H]4CC(=O)O)cc3)nc2)c1. The van der Waals surface area contributed by atoms with Gasteiger partial charge in [0, 0.05) is 29.4 Å². The molecule has 0 fully saturated rings. The fourth-order valence-corrected chi connectivity index (χ4v) is 3.82. The third-order valence-corrected chi connectivity index (χ3v) is 5.58. The van der Waals surface area contributed by atoms with E-state index in [0.29, 0.717) is 16.9 Å². The summed E-state index contributed by atoms with van der Waals surface area (Å²) in [6, 6.07) is 9.60. The molecule has 4 rings (SSSR count). The maximum atomic E-state index is 14.1. The number of hydrogen-bond donors (Lipinski definition) is 1. The Morgan fingerprint density at radius 1 is 1.11 bits per heavy atom. The molecule has 2 atom stereocenters. The van der Waals surface area contributed by atoms with Crippen molar-refractivity contribution in [3.63, 3.8) is 0 Å². The summed E-state index contributed by atoms with van der Waals surface area (Å²) in [5, 5.41) is 13.9. The van der Waals surface area contributed by atoms with Gasteiger partial charge >= 0.3 is 18.2 Å². The summed E-state index contributed by atoms with van der Waals surface area (Å²) in [4.78, 5) is 19.4. The number of ether oxygens (including phenoxy) is 1. The number of alkyl halides is 3. The monoisotopic (exact) mass is 488 g/mol. The number of benzene rings is 2. The Hall–Kier alpha value is -4.02. The van der Waals surface area contributed by atoms with Crippen molar-refractivity contribution < 1.29 is 32.2 Å². The first-order chi connectivity index (χ1) is 16.5. The zero-order valence-corrected chi connectivity index (χ0v) is 18.6. The highest BCUT2D eigenvalue weighted by Gasteiger charge is 2.48. The molecule has 11 heteroatoms. The number of rotatable bonds is 6. The van der Waals surface area contributed by atoms with Crippen LogP contribution in [0.5, 0.6) is 11.8 Å². The molecule has 1 N–H and O–H groups in total. The molecule has 0 bridgehead atoms. The van der Waals surface area contributed by atoms with Crippen LogP contribution in [0.3, 0.4) is 0 Å². The van der Waals surface area contributed by atoms with Crippen LogP contribution in [0, 0.1) is 18.7 Å². The van der Waals surface area contributed by atoms with Gasteiger partial charge in [0.05, 0.1) is 18.2 Å². The number of aromatic nitrogens is 2. The van der Waals surface area contributed by atoms with Crippen LogP contribution in [0.4, 0.5) is 23.2 Å². The molecule has 182 valence electrons. The Balaban J connectivity index is 1.52. The van der Waals surface area contributed by atoms with Crippen LogP contribution >= 0.6 is 0 Å². The van der Waals surface area contributed by atoms with E-state index in [9.17, 15) is 22.4 Å². The average Bonchev–Trinajstić information content (AvgIpc) is 3.12. The number of carbonyl (C=O) groups is 1. The number of nitrogens with zero attached hydrogens (tertiary/aromatic N) is 4. The van der Waals surface area contributed by atoms with Crippen molar-refractivity contribution in [2.45, 2.75) is 32.5 Å². The van der Waals surface area contributed by atoms with E-state index in [1.807, 2.05) is 6.92 Å². The molecular weight excluding hydrogens is 468 g/mol. The summed E-state index contributed by atoms with van der Waals surface area (Å²) in [7, 11) is 0. The van der Waals surface area contributed by atoms with Gasteiger partial charge in [-0.3, -0.25) is 9.80 Å². The number of carboxylic acids is 1. The van der Waals surface area contributed by atoms with Gasteiger partial charge in [0.15, 0.2) is 0 Å². The van der Waals surface area contributed by atoms with E-state index in [0.717, 1.165) is 10.6 Å². The van der Waals surface area contributed by atoms with Gasteiger partial charge in [-0.1, -0.05) is 18.6 Å². The molecular formula is C24H20F4N4O3. The minimum atomic E-state index is -4.67. The third kappa shape index (κ3) is 5.23. The van der Waals surface area contributed by atoms with E-state index >= 15 is 0 Å². The van der Waals surface area contributed by atoms with Gasteiger partial charge in [0.2, 0.25) is 0 Å². The predicted octanol–water partition coefficient (Wildman–Crippen LogP) is 5.60. The smallest absolute Gasteiger partial charge is 0.431 e. The quantitative estimate of drug-likeness (QED) is 0.455. The van der Waals surface area contributed by atoms with Crippen molar-refractivity contribution in [1.82, 2.24) is 9.97 Å². The molecule has 0 saturated carbocycles. The first-order valence-corrected chi connectivity index (χ1v) is 10.6. The van der Waals surface area contributed by atoms with Gasteiger partial charge in [-0.05, 0) is 43.3 Å². The van der Waals surface area contributed by atoms with Crippen molar-refractivity contribution in [2.24, 2.45) is 11.0 Å². The Morgan fingerprint density at radius 2 is 1.77 bits per heavy atom. The largest absolute Gasteiger partial charge is 0.481 e. The summed E-state index contributed by atoms with van der Waals surface area (Å²) < 4.78 is 59.7. The average molecular weight is 488 g/mol. The molecule has 1 aromatic heterocycles. The fraction of sp³-hybridized carbons (Fsp3) is 0.250. The van der Waals surface area contributed by atoms with E-state index in [1.165, 1.54) is 49.6 Å². The summed E-state index contributed by atoms with van der Waals surface area (Å²) in [5.41, 5.74) is 0.963. The van der Waals surface area contributed by atoms with Crippen LogP contribution in [0.15, 0.2) is 60.0 Å². The predicted molar refractivity (Wildman–Crippen MR) is 120 cm³/mol. The van der Waals surface area contributed by atoms with Crippen LogP contribution in [0.1, 0.15) is 18.9 Å². The van der Waals surface area contributed by atoms with Gasteiger partial charge in [-0.2, -0.15) is 18.3 Å². The van der Waals surface area contributed by atoms with Gasteiger partial charge in [-0.25, -0.2) is 14.4 Å². The minimum absolute atomic E-state index is 0.00881. The number of hydrazone groups is 1. The highest BCUT2D eigenvalue weighted by Crippen LogP contribution is 2.37. The summed E-state index contributed by atoms with van der Waals surface area (Å²) in [6.45, 7) is 3.15. The Labute approximate surface area is 197 Å². The van der Waals surface area contributed by atoms with Crippen molar-refractivity contribution in [3.05, 3.63) is 66.2 Å². The number of hydrogen-bond acceptors (Lipinski definition) is 6. The first kappa shape index (κ1) is 24.1. The van der Waals surface area contributed by atoms with Gasteiger partial charge in [0.1, 0.15) is 17.3 Å². The van der Waals surface area contributed by atoms with Crippen molar-refractivity contribution >= 4 is 17.4 Å². The second-order valence-corrected chi connectivity index (χ2v) is 8.12. The molecule has 0 saturated heterocycles.